The van der Waals surface area contributed by atoms with Gasteiger partial charge in [-0.3, -0.25) is 9.88 Å². The van der Waals surface area contributed by atoms with E-state index >= 15 is 0 Å². The van der Waals surface area contributed by atoms with E-state index in [4.69, 9.17) is 16.3 Å². The van der Waals surface area contributed by atoms with Crippen molar-refractivity contribution in [2.75, 3.05) is 18.4 Å². The maximum Gasteiger partial charge on any atom is 0.146 e. The first-order valence-electron chi connectivity index (χ1n) is 13.1. The first kappa shape index (κ1) is 25.4. The second-order valence-corrected chi connectivity index (χ2v) is 11.1. The van der Waals surface area contributed by atoms with Crippen LogP contribution in [0.15, 0.2) is 84.4 Å². The van der Waals surface area contributed by atoms with Crippen LogP contribution in [0.1, 0.15) is 29.7 Å². The van der Waals surface area contributed by atoms with Crippen molar-refractivity contribution < 1.29 is 4.74 Å². The van der Waals surface area contributed by atoms with Gasteiger partial charge >= 0.3 is 0 Å². The van der Waals surface area contributed by atoms with Crippen molar-refractivity contribution in [1.29, 1.82) is 5.26 Å². The van der Waals surface area contributed by atoms with Crippen LogP contribution in [-0.2, 0) is 6.54 Å². The highest BCUT2D eigenvalue weighted by Crippen LogP contribution is 2.36. The van der Waals surface area contributed by atoms with E-state index in [1.807, 2.05) is 59.9 Å². The Morgan fingerprint density at radius 2 is 1.82 bits per heavy atom. The summed E-state index contributed by atoms with van der Waals surface area (Å²) < 4.78 is 5.90. The van der Waals surface area contributed by atoms with Crippen molar-refractivity contribution in [3.05, 3.63) is 99.8 Å². The smallest absolute Gasteiger partial charge is 0.146 e. The molecule has 5 aromatic rings. The molecule has 2 aromatic heterocycles. The molecule has 1 saturated heterocycles. The largest absolute Gasteiger partial charge is 0.456 e. The molecule has 5 nitrogen and oxygen atoms in total. The second kappa shape index (κ2) is 11.5. The quantitative estimate of drug-likeness (QED) is 0.219. The van der Waals surface area contributed by atoms with Crippen molar-refractivity contribution in [2.24, 2.45) is 0 Å². The van der Waals surface area contributed by atoms with Crippen LogP contribution in [-0.4, -0.2) is 23.0 Å². The third-order valence-electron chi connectivity index (χ3n) is 6.98. The number of thiophene rings is 1. The molecule has 3 heterocycles. The van der Waals surface area contributed by atoms with Gasteiger partial charge in [-0.1, -0.05) is 48.4 Å². The fraction of sp³-hybridized carbons (Fsp3) is 0.188. The minimum atomic E-state index is 0.468. The first-order valence-corrected chi connectivity index (χ1v) is 14.3. The topological polar surface area (TPSA) is 61.2 Å². The molecule has 0 atom stereocenters. The third-order valence-corrected chi connectivity index (χ3v) is 8.19. The first-order chi connectivity index (χ1) is 19.2. The van der Waals surface area contributed by atoms with Crippen LogP contribution < -0.4 is 10.1 Å². The normalized spacial score (nSPS) is 13.7. The number of nitrogens with zero attached hydrogens (tertiary/aromatic N) is 3. The van der Waals surface area contributed by atoms with Crippen LogP contribution in [0.4, 0.5) is 11.4 Å². The molecule has 0 unspecified atom stereocenters. The molecular weight excluding hydrogens is 524 g/mol. The summed E-state index contributed by atoms with van der Waals surface area (Å²) in [6.07, 6.45) is 5.57. The summed E-state index contributed by atoms with van der Waals surface area (Å²) in [6, 6.07) is 25.8. The van der Waals surface area contributed by atoms with Gasteiger partial charge in [-0.25, -0.2) is 0 Å². The average molecular weight is 551 g/mol. The van der Waals surface area contributed by atoms with E-state index < -0.39 is 0 Å². The van der Waals surface area contributed by atoms with Gasteiger partial charge in [0.05, 0.1) is 21.8 Å². The van der Waals surface area contributed by atoms with Crippen molar-refractivity contribution in [3.8, 4) is 28.7 Å². The van der Waals surface area contributed by atoms with Crippen LogP contribution in [0.25, 0.3) is 22.0 Å². The lowest BCUT2D eigenvalue weighted by Gasteiger charge is -2.25. The third kappa shape index (κ3) is 5.76. The molecule has 1 aliphatic rings. The van der Waals surface area contributed by atoms with Gasteiger partial charge in [0.1, 0.15) is 17.6 Å². The van der Waals surface area contributed by atoms with Gasteiger partial charge in [0.2, 0.25) is 0 Å². The molecule has 7 heteroatoms. The number of rotatable bonds is 7. The van der Waals surface area contributed by atoms with Gasteiger partial charge in [0.25, 0.3) is 0 Å². The standard InChI is InChI=1S/C32H27ClN4OS/c33-29-17-25(10-12-31(29)38-26-7-3-1-4-8-26)36-32-24(18-34)19-35-30-16-22(9-11-28(30)32)23-15-27(39-21-23)20-37-13-5-2-6-14-37/h1,3-4,7-12,15-17,19,21H,2,5-6,13-14,20H2,(H,35,36). The molecule has 0 spiro atoms. The fourth-order valence-corrected chi connectivity index (χ4v) is 6.12. The van der Waals surface area contributed by atoms with E-state index in [0.717, 1.165) is 28.7 Å². The van der Waals surface area contributed by atoms with Gasteiger partial charge in [0.15, 0.2) is 0 Å². The van der Waals surface area contributed by atoms with Crippen LogP contribution >= 0.6 is 22.9 Å². The zero-order valence-corrected chi connectivity index (χ0v) is 22.9. The maximum absolute atomic E-state index is 9.81. The van der Waals surface area contributed by atoms with Crippen molar-refractivity contribution >= 4 is 45.2 Å². The molecule has 194 valence electrons. The molecular formula is C32H27ClN4OS. The number of fused-ring (bicyclic) bond motifs is 1. The van der Waals surface area contributed by atoms with Crippen molar-refractivity contribution in [1.82, 2.24) is 9.88 Å². The Hall–Kier alpha value is -3.89. The summed E-state index contributed by atoms with van der Waals surface area (Å²) in [7, 11) is 0. The van der Waals surface area contributed by atoms with Crippen LogP contribution in [0.3, 0.4) is 0 Å². The number of halogens is 1. The monoisotopic (exact) mass is 550 g/mol. The number of likely N-dealkylation sites (tertiary alicyclic amines) is 1. The lowest BCUT2D eigenvalue weighted by atomic mass is 10.0. The predicted molar refractivity (Wildman–Crippen MR) is 160 cm³/mol. The number of ether oxygens (including phenoxy) is 1. The van der Waals surface area contributed by atoms with Gasteiger partial charge in [-0.05, 0) is 84.9 Å². The van der Waals surface area contributed by atoms with E-state index in [2.05, 4.69) is 44.8 Å². The van der Waals surface area contributed by atoms with Crippen LogP contribution in [0.5, 0.6) is 11.5 Å². The summed E-state index contributed by atoms with van der Waals surface area (Å²) >= 11 is 8.36. The molecule has 0 saturated carbocycles. The zero-order valence-electron chi connectivity index (χ0n) is 21.4. The number of benzene rings is 3. The molecule has 1 fully saturated rings. The lowest BCUT2D eigenvalue weighted by Crippen LogP contribution is -2.28. The Kier molecular flexibility index (Phi) is 7.46. The van der Waals surface area contributed by atoms with Gasteiger partial charge in [-0.15, -0.1) is 11.3 Å². The highest BCUT2D eigenvalue weighted by molar-refractivity contribution is 7.10. The number of hydrogen-bond donors (Lipinski definition) is 1. The minimum Gasteiger partial charge on any atom is -0.456 e. The number of piperidine rings is 1. The van der Waals surface area contributed by atoms with Crippen LogP contribution in [0, 0.1) is 11.3 Å². The van der Waals surface area contributed by atoms with E-state index in [9.17, 15) is 5.26 Å². The van der Waals surface area contributed by atoms with Gasteiger partial charge < -0.3 is 10.1 Å². The van der Waals surface area contributed by atoms with Gasteiger partial charge in [-0.2, -0.15) is 5.26 Å². The van der Waals surface area contributed by atoms with E-state index in [1.54, 1.807) is 12.3 Å². The molecule has 1 N–H and O–H groups in total. The Labute approximate surface area is 237 Å². The zero-order chi connectivity index (χ0) is 26.6. The van der Waals surface area contributed by atoms with Crippen molar-refractivity contribution in [2.45, 2.75) is 25.8 Å². The molecule has 1 aliphatic heterocycles. The van der Waals surface area contributed by atoms with Crippen LogP contribution in [0.2, 0.25) is 5.02 Å². The Balaban J connectivity index is 1.25. The molecule has 0 amide bonds. The molecule has 39 heavy (non-hydrogen) atoms. The van der Waals surface area contributed by atoms with E-state index in [1.165, 1.54) is 42.8 Å². The summed E-state index contributed by atoms with van der Waals surface area (Å²) in [5.74, 6) is 1.28. The number of aromatic nitrogens is 1. The Bertz CT molecular complexity index is 1650. The fourth-order valence-electron chi connectivity index (χ4n) is 4.97. The number of para-hydroxylation sites is 1. The summed E-state index contributed by atoms with van der Waals surface area (Å²) in [5.41, 5.74) is 5.09. The number of pyridine rings is 1. The molecule has 3 aromatic carbocycles. The summed E-state index contributed by atoms with van der Waals surface area (Å²) in [4.78, 5) is 8.54. The predicted octanol–water partition coefficient (Wildman–Crippen LogP) is 9.01. The number of anilines is 2. The highest BCUT2D eigenvalue weighted by atomic mass is 35.5. The summed E-state index contributed by atoms with van der Waals surface area (Å²) in [5, 5.41) is 16.8. The van der Waals surface area contributed by atoms with Gasteiger partial charge in [0, 0.05) is 28.7 Å². The maximum atomic E-state index is 9.81. The molecule has 0 bridgehead atoms. The lowest BCUT2D eigenvalue weighted by molar-refractivity contribution is 0.222. The second-order valence-electron chi connectivity index (χ2n) is 9.71. The van der Waals surface area contributed by atoms with Crippen molar-refractivity contribution in [3.63, 3.8) is 0 Å². The highest BCUT2D eigenvalue weighted by Gasteiger charge is 2.15. The molecule has 0 radical (unpaired) electrons. The molecule has 0 aliphatic carbocycles. The molecule has 6 rings (SSSR count). The average Bonchev–Trinajstić information content (AvgIpc) is 3.44. The Morgan fingerprint density at radius 1 is 0.974 bits per heavy atom. The number of hydrogen-bond acceptors (Lipinski definition) is 6. The SMILES string of the molecule is N#Cc1cnc2cc(-c3csc(CN4CCCCC4)c3)ccc2c1Nc1ccc(Oc2ccccc2)c(Cl)c1. The number of nitriles is 1. The minimum absolute atomic E-state index is 0.468. The van der Waals surface area contributed by atoms with E-state index in [0.29, 0.717) is 27.8 Å². The summed E-state index contributed by atoms with van der Waals surface area (Å²) in [6.45, 7) is 3.41. The van der Waals surface area contributed by atoms with E-state index in [-0.39, 0.29) is 0 Å². The number of nitrogens with one attached hydrogen (secondary N) is 1. The Morgan fingerprint density at radius 3 is 2.62 bits per heavy atom.